The molecule has 5 heteroatoms. The molecule has 3 aromatic rings. The molecule has 0 aliphatic rings. The summed E-state index contributed by atoms with van der Waals surface area (Å²) in [5, 5.41) is 10.2. The fourth-order valence-corrected chi connectivity index (χ4v) is 3.17. The maximum atomic E-state index is 12.6. The predicted molar refractivity (Wildman–Crippen MR) is 78.6 cm³/mol. The molecule has 1 aromatic heterocycles. The molecule has 104 valence electrons. The number of nitrogens with zero attached hydrogens (tertiary/aromatic N) is 1. The summed E-state index contributed by atoms with van der Waals surface area (Å²) in [5.74, 6) is 0.681. The Hall–Kier alpha value is -2.58. The van der Waals surface area contributed by atoms with Crippen LogP contribution < -0.4 is 4.74 Å². The van der Waals surface area contributed by atoms with E-state index in [-0.39, 0.29) is 5.09 Å². The quantitative estimate of drug-likeness (QED) is 0.742. The number of benzene rings is 2. The summed E-state index contributed by atoms with van der Waals surface area (Å²) in [5.41, 5.74) is 0.880. The van der Waals surface area contributed by atoms with Gasteiger partial charge in [0.05, 0.1) is 7.11 Å². The van der Waals surface area contributed by atoms with Crippen LogP contribution in [0.15, 0.2) is 62.9 Å². The molecule has 3 rings (SSSR count). The van der Waals surface area contributed by atoms with Crippen LogP contribution in [0.3, 0.4) is 0 Å². The summed E-state index contributed by atoms with van der Waals surface area (Å²) >= 11 is 0. The topological polar surface area (TPSA) is 63.2 Å². The average Bonchev–Trinajstić information content (AvgIpc) is 2.92. The predicted octanol–water partition coefficient (Wildman–Crippen LogP) is 3.48. The van der Waals surface area contributed by atoms with E-state index in [4.69, 9.17) is 9.15 Å². The molecule has 0 fully saturated rings. The maximum Gasteiger partial charge on any atom is 0.214 e. The molecule has 0 aliphatic carbocycles. The Labute approximate surface area is 124 Å². The zero-order chi connectivity index (χ0) is 14.8. The number of hydrogen-bond donors (Lipinski definition) is 0. The standard InChI is InChI=1S/C16H11NO3S/c1-19-11-6-8-12(9-7-11)21(18)16-14(10-17)13-4-2-3-5-15(13)20-16/h2-9H,1H3. The zero-order valence-electron chi connectivity index (χ0n) is 11.2. The molecule has 21 heavy (non-hydrogen) atoms. The van der Waals surface area contributed by atoms with Crippen LogP contribution in [0.5, 0.6) is 5.75 Å². The molecular weight excluding hydrogens is 286 g/mol. The van der Waals surface area contributed by atoms with Crippen molar-refractivity contribution in [1.29, 1.82) is 5.26 Å². The van der Waals surface area contributed by atoms with E-state index in [0.29, 0.717) is 27.2 Å². The normalized spacial score (nSPS) is 12.0. The van der Waals surface area contributed by atoms with Crippen LogP contribution in [-0.4, -0.2) is 11.3 Å². The number of fused-ring (bicyclic) bond motifs is 1. The van der Waals surface area contributed by atoms with Crippen LogP contribution >= 0.6 is 0 Å². The van der Waals surface area contributed by atoms with Crippen LogP contribution in [0.2, 0.25) is 0 Å². The Morgan fingerprint density at radius 3 is 2.52 bits per heavy atom. The van der Waals surface area contributed by atoms with Crippen molar-refractivity contribution in [2.24, 2.45) is 0 Å². The van der Waals surface area contributed by atoms with Crippen LogP contribution in [-0.2, 0) is 10.8 Å². The van der Waals surface area contributed by atoms with Crippen molar-refractivity contribution < 1.29 is 13.4 Å². The molecule has 0 saturated carbocycles. The molecule has 0 spiro atoms. The van der Waals surface area contributed by atoms with Gasteiger partial charge in [0.25, 0.3) is 0 Å². The Morgan fingerprint density at radius 1 is 1.14 bits per heavy atom. The number of furan rings is 1. The summed E-state index contributed by atoms with van der Waals surface area (Å²) in [6.07, 6.45) is 0. The maximum absolute atomic E-state index is 12.6. The molecule has 0 saturated heterocycles. The number of ether oxygens (including phenoxy) is 1. The number of para-hydroxylation sites is 1. The minimum atomic E-state index is -1.55. The van der Waals surface area contributed by atoms with Crippen molar-refractivity contribution in [3.05, 3.63) is 54.1 Å². The summed E-state index contributed by atoms with van der Waals surface area (Å²) in [4.78, 5) is 0.561. The minimum absolute atomic E-state index is 0.184. The monoisotopic (exact) mass is 297 g/mol. The van der Waals surface area contributed by atoms with E-state index >= 15 is 0 Å². The zero-order valence-corrected chi connectivity index (χ0v) is 12.0. The Morgan fingerprint density at radius 2 is 1.86 bits per heavy atom. The molecule has 0 bridgehead atoms. The molecule has 0 aliphatic heterocycles. The average molecular weight is 297 g/mol. The van der Waals surface area contributed by atoms with Gasteiger partial charge in [0, 0.05) is 10.3 Å². The van der Waals surface area contributed by atoms with Crippen LogP contribution in [0.25, 0.3) is 11.0 Å². The number of nitriles is 1. The van der Waals surface area contributed by atoms with E-state index in [9.17, 15) is 9.47 Å². The van der Waals surface area contributed by atoms with Crippen LogP contribution in [0.1, 0.15) is 5.56 Å². The fourth-order valence-electron chi connectivity index (χ4n) is 2.07. The molecule has 0 N–H and O–H groups in total. The molecule has 1 unspecified atom stereocenters. The minimum Gasteiger partial charge on any atom is -0.497 e. The van der Waals surface area contributed by atoms with Gasteiger partial charge in [-0.1, -0.05) is 12.1 Å². The van der Waals surface area contributed by atoms with Crippen molar-refractivity contribution >= 4 is 21.8 Å². The van der Waals surface area contributed by atoms with Crippen molar-refractivity contribution in [2.45, 2.75) is 9.99 Å². The number of methoxy groups -OCH3 is 1. The third-order valence-electron chi connectivity index (χ3n) is 3.12. The highest BCUT2D eigenvalue weighted by Crippen LogP contribution is 2.30. The first-order valence-corrected chi connectivity index (χ1v) is 7.37. The first-order valence-electron chi connectivity index (χ1n) is 6.22. The van der Waals surface area contributed by atoms with Gasteiger partial charge in [0.2, 0.25) is 5.09 Å². The number of rotatable bonds is 3. The van der Waals surface area contributed by atoms with E-state index in [1.165, 1.54) is 0 Å². The molecule has 0 radical (unpaired) electrons. The lowest BCUT2D eigenvalue weighted by atomic mass is 10.2. The van der Waals surface area contributed by atoms with Gasteiger partial charge in [-0.25, -0.2) is 4.21 Å². The lowest BCUT2D eigenvalue weighted by Gasteiger charge is -2.02. The highest BCUT2D eigenvalue weighted by molar-refractivity contribution is 7.85. The lowest BCUT2D eigenvalue weighted by molar-refractivity contribution is 0.414. The Balaban J connectivity index is 2.11. The number of hydrogen-bond acceptors (Lipinski definition) is 4. The van der Waals surface area contributed by atoms with Gasteiger partial charge in [-0.05, 0) is 36.4 Å². The highest BCUT2D eigenvalue weighted by atomic mass is 32.2. The first kappa shape index (κ1) is 13.4. The molecule has 4 nitrogen and oxygen atoms in total. The second kappa shape index (κ2) is 5.43. The molecule has 2 aromatic carbocycles. The summed E-state index contributed by atoms with van der Waals surface area (Å²) < 4.78 is 23.3. The van der Waals surface area contributed by atoms with Gasteiger partial charge < -0.3 is 9.15 Å². The van der Waals surface area contributed by atoms with Gasteiger partial charge >= 0.3 is 0 Å². The van der Waals surface area contributed by atoms with E-state index in [2.05, 4.69) is 6.07 Å². The first-order chi connectivity index (χ1) is 10.2. The van der Waals surface area contributed by atoms with E-state index in [0.717, 1.165) is 0 Å². The fraction of sp³-hybridized carbons (Fsp3) is 0.0625. The molecular formula is C16H11NO3S. The van der Waals surface area contributed by atoms with Gasteiger partial charge in [-0.2, -0.15) is 5.26 Å². The Bertz CT molecular complexity index is 859. The summed E-state index contributed by atoms with van der Waals surface area (Å²) in [6, 6.07) is 16.1. The molecule has 1 atom stereocenters. The van der Waals surface area contributed by atoms with Gasteiger partial charge in [0.15, 0.2) is 0 Å². The van der Waals surface area contributed by atoms with Crippen molar-refractivity contribution in [2.75, 3.05) is 7.11 Å². The van der Waals surface area contributed by atoms with Crippen LogP contribution in [0, 0.1) is 11.3 Å². The smallest absolute Gasteiger partial charge is 0.214 e. The second-order valence-electron chi connectivity index (χ2n) is 4.32. The van der Waals surface area contributed by atoms with Gasteiger partial charge in [0.1, 0.15) is 33.8 Å². The Kier molecular flexibility index (Phi) is 3.46. The molecule has 1 heterocycles. The van der Waals surface area contributed by atoms with Crippen molar-refractivity contribution in [3.8, 4) is 11.8 Å². The van der Waals surface area contributed by atoms with E-state index < -0.39 is 10.8 Å². The third kappa shape index (κ3) is 2.30. The third-order valence-corrected chi connectivity index (χ3v) is 4.44. The van der Waals surface area contributed by atoms with Gasteiger partial charge in [-0.3, -0.25) is 0 Å². The highest BCUT2D eigenvalue weighted by Gasteiger charge is 2.20. The van der Waals surface area contributed by atoms with E-state index in [1.54, 1.807) is 43.5 Å². The van der Waals surface area contributed by atoms with E-state index in [1.807, 2.05) is 12.1 Å². The lowest BCUT2D eigenvalue weighted by Crippen LogP contribution is -1.93. The SMILES string of the molecule is COc1ccc(S(=O)c2oc3ccccc3c2C#N)cc1. The van der Waals surface area contributed by atoms with Crippen molar-refractivity contribution in [3.63, 3.8) is 0 Å². The van der Waals surface area contributed by atoms with Gasteiger partial charge in [-0.15, -0.1) is 0 Å². The largest absolute Gasteiger partial charge is 0.497 e. The second-order valence-corrected chi connectivity index (χ2v) is 5.70. The van der Waals surface area contributed by atoms with Crippen molar-refractivity contribution in [1.82, 2.24) is 0 Å². The summed E-state index contributed by atoms with van der Waals surface area (Å²) in [7, 11) is 0.0226. The molecule has 0 amide bonds. The van der Waals surface area contributed by atoms with Crippen LogP contribution in [0.4, 0.5) is 0 Å². The summed E-state index contributed by atoms with van der Waals surface area (Å²) in [6.45, 7) is 0.